The fraction of sp³-hybridized carbons (Fsp3) is 0.150. The summed E-state index contributed by atoms with van der Waals surface area (Å²) in [6.45, 7) is 0. The van der Waals surface area contributed by atoms with Crippen molar-refractivity contribution in [3.63, 3.8) is 0 Å². The number of amides is 2. The van der Waals surface area contributed by atoms with Crippen molar-refractivity contribution in [3.05, 3.63) is 71.4 Å². The van der Waals surface area contributed by atoms with Crippen LogP contribution in [0.4, 0.5) is 13.2 Å². The molecule has 1 aromatic heterocycles. The van der Waals surface area contributed by atoms with Gasteiger partial charge in [0.2, 0.25) is 5.91 Å². The van der Waals surface area contributed by atoms with E-state index in [9.17, 15) is 22.8 Å². The number of rotatable bonds is 5. The molecule has 30 heavy (non-hydrogen) atoms. The lowest BCUT2D eigenvalue weighted by atomic mass is 10.1. The first kappa shape index (κ1) is 20.9. The van der Waals surface area contributed by atoms with E-state index < -0.39 is 23.6 Å². The van der Waals surface area contributed by atoms with Crippen molar-refractivity contribution in [2.75, 3.05) is 7.11 Å². The standard InChI is InChI=1S/C20H17F3N4O3/c1-30-15-8-4-13(5-9-15)16-11-17(25-24-16)19(29)27-26-18(28)10-12-2-6-14(7-3-12)20(21,22)23/h2-9,11H,10H2,1H3,(H,24,25)(H,26,28)(H,27,29). The van der Waals surface area contributed by atoms with Gasteiger partial charge in [-0.2, -0.15) is 18.3 Å². The van der Waals surface area contributed by atoms with Gasteiger partial charge in [-0.25, -0.2) is 0 Å². The number of halogens is 3. The van der Waals surface area contributed by atoms with E-state index in [-0.39, 0.29) is 12.1 Å². The first-order valence-corrected chi connectivity index (χ1v) is 8.71. The van der Waals surface area contributed by atoms with E-state index in [0.29, 0.717) is 17.0 Å². The van der Waals surface area contributed by atoms with Gasteiger partial charge >= 0.3 is 6.18 Å². The minimum Gasteiger partial charge on any atom is -0.497 e. The average molecular weight is 418 g/mol. The molecule has 0 bridgehead atoms. The number of H-pyrrole nitrogens is 1. The molecule has 0 spiro atoms. The Bertz CT molecular complexity index is 1030. The summed E-state index contributed by atoms with van der Waals surface area (Å²) in [5.74, 6) is -0.524. The molecule has 0 saturated carbocycles. The van der Waals surface area contributed by atoms with Crippen LogP contribution >= 0.6 is 0 Å². The third-order valence-electron chi connectivity index (χ3n) is 4.17. The fourth-order valence-electron chi connectivity index (χ4n) is 2.58. The maximum absolute atomic E-state index is 12.6. The summed E-state index contributed by atoms with van der Waals surface area (Å²) in [6.07, 6.45) is -4.64. The van der Waals surface area contributed by atoms with Gasteiger partial charge < -0.3 is 4.74 Å². The smallest absolute Gasteiger partial charge is 0.416 e. The Morgan fingerprint density at radius 3 is 2.30 bits per heavy atom. The second-order valence-corrected chi connectivity index (χ2v) is 6.27. The third-order valence-corrected chi connectivity index (χ3v) is 4.17. The Morgan fingerprint density at radius 1 is 1.03 bits per heavy atom. The minimum atomic E-state index is -4.44. The van der Waals surface area contributed by atoms with Crippen LogP contribution in [0.3, 0.4) is 0 Å². The van der Waals surface area contributed by atoms with Crippen LogP contribution in [-0.2, 0) is 17.4 Å². The predicted molar refractivity (Wildman–Crippen MR) is 101 cm³/mol. The van der Waals surface area contributed by atoms with Gasteiger partial charge in [-0.1, -0.05) is 12.1 Å². The first-order chi connectivity index (χ1) is 14.3. The van der Waals surface area contributed by atoms with E-state index in [0.717, 1.165) is 17.7 Å². The second kappa shape index (κ2) is 8.68. The first-order valence-electron chi connectivity index (χ1n) is 8.71. The molecule has 0 aliphatic heterocycles. The van der Waals surface area contributed by atoms with Crippen molar-refractivity contribution in [1.82, 2.24) is 21.0 Å². The largest absolute Gasteiger partial charge is 0.497 e. The number of hydrazine groups is 1. The lowest BCUT2D eigenvalue weighted by molar-refractivity contribution is -0.137. The zero-order valence-electron chi connectivity index (χ0n) is 15.7. The number of hydrogen-bond donors (Lipinski definition) is 3. The highest BCUT2D eigenvalue weighted by Gasteiger charge is 2.30. The maximum atomic E-state index is 12.6. The van der Waals surface area contributed by atoms with Gasteiger partial charge in [0.15, 0.2) is 0 Å². The van der Waals surface area contributed by atoms with Gasteiger partial charge in [0, 0.05) is 5.56 Å². The Morgan fingerprint density at radius 2 is 1.70 bits per heavy atom. The van der Waals surface area contributed by atoms with Crippen molar-refractivity contribution in [2.24, 2.45) is 0 Å². The molecule has 0 aliphatic rings. The molecule has 0 atom stereocenters. The van der Waals surface area contributed by atoms with Crippen molar-refractivity contribution in [1.29, 1.82) is 0 Å². The quantitative estimate of drug-likeness (QED) is 0.555. The van der Waals surface area contributed by atoms with E-state index in [1.165, 1.54) is 18.2 Å². The van der Waals surface area contributed by atoms with Gasteiger partial charge in [0.05, 0.1) is 24.8 Å². The van der Waals surface area contributed by atoms with Crippen LogP contribution in [0.2, 0.25) is 0 Å². The number of nitrogens with one attached hydrogen (secondary N) is 3. The lowest BCUT2D eigenvalue weighted by Crippen LogP contribution is -2.42. The van der Waals surface area contributed by atoms with Crippen molar-refractivity contribution < 1.29 is 27.5 Å². The van der Waals surface area contributed by atoms with Gasteiger partial charge in [0.1, 0.15) is 11.4 Å². The van der Waals surface area contributed by atoms with Crippen LogP contribution in [0.1, 0.15) is 21.6 Å². The molecular formula is C20H17F3N4O3. The second-order valence-electron chi connectivity index (χ2n) is 6.27. The number of carbonyl (C=O) groups excluding carboxylic acids is 2. The number of nitrogens with zero attached hydrogens (tertiary/aromatic N) is 1. The molecule has 0 saturated heterocycles. The number of benzene rings is 2. The van der Waals surface area contributed by atoms with Crippen LogP contribution < -0.4 is 15.6 Å². The Balaban J connectivity index is 1.54. The summed E-state index contributed by atoms with van der Waals surface area (Å²) in [5, 5.41) is 6.63. The van der Waals surface area contributed by atoms with Crippen LogP contribution in [-0.4, -0.2) is 29.1 Å². The number of aromatic nitrogens is 2. The molecule has 3 rings (SSSR count). The highest BCUT2D eigenvalue weighted by Crippen LogP contribution is 2.29. The Kier molecular flexibility index (Phi) is 6.05. The van der Waals surface area contributed by atoms with Crippen molar-refractivity contribution >= 4 is 11.8 Å². The molecule has 0 fully saturated rings. The molecular weight excluding hydrogens is 401 g/mol. The zero-order valence-corrected chi connectivity index (χ0v) is 15.7. The summed E-state index contributed by atoms with van der Waals surface area (Å²) in [7, 11) is 1.55. The van der Waals surface area contributed by atoms with Gasteiger partial charge in [-0.05, 0) is 48.0 Å². The van der Waals surface area contributed by atoms with Gasteiger partial charge in [-0.3, -0.25) is 25.5 Å². The zero-order chi connectivity index (χ0) is 21.7. The average Bonchev–Trinajstić information content (AvgIpc) is 3.22. The summed E-state index contributed by atoms with van der Waals surface area (Å²) in [4.78, 5) is 24.1. The van der Waals surface area contributed by atoms with Crippen molar-refractivity contribution in [3.8, 4) is 17.0 Å². The molecule has 0 aliphatic carbocycles. The normalized spacial score (nSPS) is 11.1. The van der Waals surface area contributed by atoms with Crippen LogP contribution in [0.25, 0.3) is 11.3 Å². The summed E-state index contributed by atoms with van der Waals surface area (Å²) in [5.41, 5.74) is 5.42. The van der Waals surface area contributed by atoms with E-state index >= 15 is 0 Å². The Labute approximate surface area is 169 Å². The number of ether oxygens (including phenoxy) is 1. The monoisotopic (exact) mass is 418 g/mol. The van der Waals surface area contributed by atoms with Crippen LogP contribution in [0.15, 0.2) is 54.6 Å². The molecule has 7 nitrogen and oxygen atoms in total. The number of methoxy groups -OCH3 is 1. The topological polar surface area (TPSA) is 96.1 Å². The number of aromatic amines is 1. The molecule has 1 heterocycles. The predicted octanol–water partition coefficient (Wildman–Crippen LogP) is 3.11. The van der Waals surface area contributed by atoms with Crippen LogP contribution in [0.5, 0.6) is 5.75 Å². The molecule has 3 N–H and O–H groups in total. The van der Waals surface area contributed by atoms with E-state index in [1.807, 2.05) is 0 Å². The van der Waals surface area contributed by atoms with Crippen molar-refractivity contribution in [2.45, 2.75) is 12.6 Å². The lowest BCUT2D eigenvalue weighted by Gasteiger charge is -2.08. The number of alkyl halides is 3. The van der Waals surface area contributed by atoms with Crippen LogP contribution in [0, 0.1) is 0 Å². The fourth-order valence-corrected chi connectivity index (χ4v) is 2.58. The van der Waals surface area contributed by atoms with Gasteiger partial charge in [-0.15, -0.1) is 0 Å². The maximum Gasteiger partial charge on any atom is 0.416 e. The van der Waals surface area contributed by atoms with Gasteiger partial charge in [0.25, 0.3) is 5.91 Å². The molecule has 10 heteroatoms. The van der Waals surface area contributed by atoms with E-state index in [1.54, 1.807) is 31.4 Å². The number of hydrogen-bond acceptors (Lipinski definition) is 4. The molecule has 0 radical (unpaired) electrons. The highest BCUT2D eigenvalue weighted by molar-refractivity contribution is 5.94. The molecule has 3 aromatic rings. The third kappa shape index (κ3) is 5.16. The molecule has 2 amide bonds. The summed E-state index contributed by atoms with van der Waals surface area (Å²) >= 11 is 0. The summed E-state index contributed by atoms with van der Waals surface area (Å²) < 4.78 is 42.8. The molecule has 156 valence electrons. The SMILES string of the molecule is COc1ccc(-c2cc(C(=O)NNC(=O)Cc3ccc(C(F)(F)F)cc3)[nH]n2)cc1. The highest BCUT2D eigenvalue weighted by atomic mass is 19.4. The van der Waals surface area contributed by atoms with E-state index in [4.69, 9.17) is 4.74 Å². The number of carbonyl (C=O) groups is 2. The molecule has 0 unspecified atom stereocenters. The van der Waals surface area contributed by atoms with E-state index in [2.05, 4.69) is 21.0 Å². The minimum absolute atomic E-state index is 0.121. The summed E-state index contributed by atoms with van der Waals surface area (Å²) in [6, 6.07) is 12.8. The molecule has 2 aromatic carbocycles. The Hall–Kier alpha value is -3.82.